The smallest absolute Gasteiger partial charge is 0.251 e. The molecule has 2 heterocycles. The van der Waals surface area contributed by atoms with Crippen molar-refractivity contribution in [2.75, 3.05) is 25.0 Å². The maximum Gasteiger partial charge on any atom is 0.251 e. The quantitative estimate of drug-likeness (QED) is 0.834. The van der Waals surface area contributed by atoms with Gasteiger partial charge in [-0.25, -0.2) is 0 Å². The predicted octanol–water partition coefficient (Wildman–Crippen LogP) is 3.20. The van der Waals surface area contributed by atoms with Crippen LogP contribution in [0.5, 0.6) is 0 Å². The third-order valence-electron chi connectivity index (χ3n) is 4.63. The SMILES string of the molecule is CC(=O)Nc1ccc(C(=O)NC[C@H](c2ccco2)N2CCCCC2)cc1. The topological polar surface area (TPSA) is 74.6 Å². The van der Waals surface area contributed by atoms with Gasteiger partial charge >= 0.3 is 0 Å². The van der Waals surface area contributed by atoms with Gasteiger partial charge < -0.3 is 15.1 Å². The van der Waals surface area contributed by atoms with Gasteiger partial charge in [0.15, 0.2) is 0 Å². The van der Waals surface area contributed by atoms with E-state index in [1.54, 1.807) is 30.5 Å². The summed E-state index contributed by atoms with van der Waals surface area (Å²) in [5.41, 5.74) is 1.24. The molecule has 6 nitrogen and oxygen atoms in total. The Morgan fingerprint density at radius 2 is 1.85 bits per heavy atom. The van der Waals surface area contributed by atoms with E-state index in [0.29, 0.717) is 17.8 Å². The Morgan fingerprint density at radius 3 is 2.46 bits per heavy atom. The zero-order chi connectivity index (χ0) is 18.4. The Hall–Kier alpha value is -2.60. The first-order valence-corrected chi connectivity index (χ1v) is 9.07. The molecule has 26 heavy (non-hydrogen) atoms. The number of rotatable bonds is 6. The molecule has 2 N–H and O–H groups in total. The van der Waals surface area contributed by atoms with Crippen molar-refractivity contribution in [2.24, 2.45) is 0 Å². The lowest BCUT2D eigenvalue weighted by Crippen LogP contribution is -2.40. The molecule has 1 aliphatic rings. The van der Waals surface area contributed by atoms with Crippen molar-refractivity contribution < 1.29 is 14.0 Å². The Bertz CT molecular complexity index is 719. The van der Waals surface area contributed by atoms with Crippen LogP contribution in [0, 0.1) is 0 Å². The summed E-state index contributed by atoms with van der Waals surface area (Å²) in [6, 6.07) is 10.8. The van der Waals surface area contributed by atoms with Gasteiger partial charge in [-0.3, -0.25) is 14.5 Å². The molecular weight excluding hydrogens is 330 g/mol. The average Bonchev–Trinajstić information content (AvgIpc) is 3.17. The van der Waals surface area contributed by atoms with Gasteiger partial charge in [0.05, 0.1) is 12.3 Å². The van der Waals surface area contributed by atoms with Gasteiger partial charge in [0.1, 0.15) is 5.76 Å². The minimum absolute atomic E-state index is 0.0490. The standard InChI is InChI=1S/C20H25N3O3/c1-15(24)22-17-9-7-16(8-10-17)20(25)21-14-18(19-6-5-13-26-19)23-11-3-2-4-12-23/h5-10,13,18H,2-4,11-12,14H2,1H3,(H,21,25)(H,22,24)/t18-/m1/s1. The summed E-state index contributed by atoms with van der Waals surface area (Å²) in [5, 5.41) is 5.71. The number of amides is 2. The second kappa shape index (κ2) is 8.67. The highest BCUT2D eigenvalue weighted by Crippen LogP contribution is 2.24. The lowest BCUT2D eigenvalue weighted by molar-refractivity contribution is -0.114. The van der Waals surface area contributed by atoms with Crippen LogP contribution in [0.15, 0.2) is 47.1 Å². The van der Waals surface area contributed by atoms with Crippen molar-refractivity contribution in [3.63, 3.8) is 0 Å². The average molecular weight is 355 g/mol. The van der Waals surface area contributed by atoms with Crippen molar-refractivity contribution in [2.45, 2.75) is 32.2 Å². The molecule has 0 spiro atoms. The molecule has 2 aromatic rings. The zero-order valence-corrected chi connectivity index (χ0v) is 15.0. The highest BCUT2D eigenvalue weighted by Gasteiger charge is 2.25. The van der Waals surface area contributed by atoms with Gasteiger partial charge in [0.2, 0.25) is 5.91 Å². The molecular formula is C20H25N3O3. The van der Waals surface area contributed by atoms with E-state index >= 15 is 0 Å². The van der Waals surface area contributed by atoms with Crippen LogP contribution in [0.1, 0.15) is 48.3 Å². The molecule has 3 rings (SSSR count). The van der Waals surface area contributed by atoms with Crippen LogP contribution < -0.4 is 10.6 Å². The first-order valence-electron chi connectivity index (χ1n) is 9.07. The van der Waals surface area contributed by atoms with Gasteiger partial charge in [-0.1, -0.05) is 6.42 Å². The van der Waals surface area contributed by atoms with Gasteiger partial charge in [0, 0.05) is 24.7 Å². The fourth-order valence-corrected chi connectivity index (χ4v) is 3.32. The molecule has 1 aromatic heterocycles. The highest BCUT2D eigenvalue weighted by atomic mass is 16.3. The van der Waals surface area contributed by atoms with Crippen molar-refractivity contribution in [3.05, 3.63) is 54.0 Å². The van der Waals surface area contributed by atoms with Crippen LogP contribution in [0.2, 0.25) is 0 Å². The van der Waals surface area contributed by atoms with E-state index in [4.69, 9.17) is 4.42 Å². The molecule has 0 bridgehead atoms. The Morgan fingerprint density at radius 1 is 1.12 bits per heavy atom. The van der Waals surface area contributed by atoms with Crippen LogP contribution in [0.4, 0.5) is 5.69 Å². The molecule has 1 saturated heterocycles. The lowest BCUT2D eigenvalue weighted by atomic mass is 10.1. The Labute approximate surface area is 153 Å². The molecule has 0 unspecified atom stereocenters. The fraction of sp³-hybridized carbons (Fsp3) is 0.400. The fourth-order valence-electron chi connectivity index (χ4n) is 3.32. The maximum atomic E-state index is 12.5. The van der Waals surface area contributed by atoms with E-state index in [1.165, 1.54) is 26.2 Å². The van der Waals surface area contributed by atoms with E-state index in [9.17, 15) is 9.59 Å². The number of hydrogen-bond acceptors (Lipinski definition) is 4. The number of furan rings is 1. The maximum absolute atomic E-state index is 12.5. The minimum atomic E-state index is -0.134. The molecule has 138 valence electrons. The van der Waals surface area contributed by atoms with Crippen molar-refractivity contribution in [3.8, 4) is 0 Å². The summed E-state index contributed by atoms with van der Waals surface area (Å²) in [5.74, 6) is 0.617. The number of hydrogen-bond donors (Lipinski definition) is 2. The van der Waals surface area contributed by atoms with E-state index in [1.807, 2.05) is 12.1 Å². The van der Waals surface area contributed by atoms with Gasteiger partial charge in [-0.15, -0.1) is 0 Å². The minimum Gasteiger partial charge on any atom is -0.468 e. The van der Waals surface area contributed by atoms with E-state index in [2.05, 4.69) is 15.5 Å². The van der Waals surface area contributed by atoms with Crippen LogP contribution in [-0.4, -0.2) is 36.3 Å². The van der Waals surface area contributed by atoms with Crippen LogP contribution in [0.3, 0.4) is 0 Å². The van der Waals surface area contributed by atoms with Gasteiger partial charge in [-0.2, -0.15) is 0 Å². The first kappa shape index (κ1) is 18.2. The van der Waals surface area contributed by atoms with E-state index < -0.39 is 0 Å². The molecule has 0 aliphatic carbocycles. The van der Waals surface area contributed by atoms with Crippen LogP contribution in [-0.2, 0) is 4.79 Å². The third kappa shape index (κ3) is 4.73. The summed E-state index contributed by atoms with van der Waals surface area (Å²) in [7, 11) is 0. The lowest BCUT2D eigenvalue weighted by Gasteiger charge is -2.33. The summed E-state index contributed by atoms with van der Waals surface area (Å²) in [4.78, 5) is 25.9. The summed E-state index contributed by atoms with van der Waals surface area (Å²) < 4.78 is 5.61. The monoisotopic (exact) mass is 355 g/mol. The Kier molecular flexibility index (Phi) is 6.07. The molecule has 1 atom stereocenters. The number of carbonyl (C=O) groups is 2. The number of nitrogens with zero attached hydrogens (tertiary/aromatic N) is 1. The summed E-state index contributed by atoms with van der Waals surface area (Å²) >= 11 is 0. The highest BCUT2D eigenvalue weighted by molar-refractivity contribution is 5.95. The summed E-state index contributed by atoms with van der Waals surface area (Å²) in [6.07, 6.45) is 5.29. The third-order valence-corrected chi connectivity index (χ3v) is 4.63. The van der Waals surface area contributed by atoms with Crippen molar-refractivity contribution in [1.29, 1.82) is 0 Å². The molecule has 1 fully saturated rings. The number of carbonyl (C=O) groups excluding carboxylic acids is 2. The second-order valence-electron chi connectivity index (χ2n) is 6.60. The van der Waals surface area contributed by atoms with Gasteiger partial charge in [0.25, 0.3) is 5.91 Å². The molecule has 1 aliphatic heterocycles. The molecule has 2 amide bonds. The van der Waals surface area contributed by atoms with E-state index in [-0.39, 0.29) is 17.9 Å². The number of likely N-dealkylation sites (tertiary alicyclic amines) is 1. The number of benzene rings is 1. The molecule has 0 radical (unpaired) electrons. The number of piperidine rings is 1. The second-order valence-corrected chi connectivity index (χ2v) is 6.60. The Balaban J connectivity index is 1.62. The summed E-state index contributed by atoms with van der Waals surface area (Å²) in [6.45, 7) is 4.00. The molecule has 1 aromatic carbocycles. The van der Waals surface area contributed by atoms with E-state index in [0.717, 1.165) is 18.8 Å². The largest absolute Gasteiger partial charge is 0.468 e. The number of nitrogens with one attached hydrogen (secondary N) is 2. The molecule has 0 saturated carbocycles. The van der Waals surface area contributed by atoms with Gasteiger partial charge in [-0.05, 0) is 62.3 Å². The van der Waals surface area contributed by atoms with Crippen molar-refractivity contribution >= 4 is 17.5 Å². The van der Waals surface area contributed by atoms with Crippen LogP contribution in [0.25, 0.3) is 0 Å². The normalized spacial score (nSPS) is 16.0. The first-order chi connectivity index (χ1) is 12.6. The van der Waals surface area contributed by atoms with Crippen molar-refractivity contribution in [1.82, 2.24) is 10.2 Å². The molecule has 6 heteroatoms. The predicted molar refractivity (Wildman–Crippen MR) is 100.0 cm³/mol. The van der Waals surface area contributed by atoms with Crippen LogP contribution >= 0.6 is 0 Å². The zero-order valence-electron chi connectivity index (χ0n) is 15.0. The number of anilines is 1.